The van der Waals surface area contributed by atoms with Crippen molar-refractivity contribution in [1.82, 2.24) is 0 Å². The van der Waals surface area contributed by atoms with E-state index in [-0.39, 0.29) is 37.9 Å². The van der Waals surface area contributed by atoms with E-state index in [1.54, 1.807) is 6.92 Å². The second-order valence-corrected chi connectivity index (χ2v) is 8.78. The molecule has 2 aliphatic heterocycles. The Hall–Kier alpha value is -0.320. The van der Waals surface area contributed by atoms with E-state index < -0.39 is 42.2 Å². The van der Waals surface area contributed by atoms with Crippen LogP contribution < -0.4 is 5.73 Å². The van der Waals surface area contributed by atoms with Gasteiger partial charge in [0.25, 0.3) is 0 Å². The first-order valence-corrected chi connectivity index (χ1v) is 9.75. The maximum absolute atomic E-state index is 9.86. The number of hydrogen-bond acceptors (Lipinski definition) is 8. The van der Waals surface area contributed by atoms with E-state index in [1.165, 1.54) is 0 Å². The van der Waals surface area contributed by atoms with Gasteiger partial charge >= 0.3 is 0 Å². The normalized spacial score (nSPS) is 43.9. The lowest BCUT2D eigenvalue weighted by Gasteiger charge is -2.44. The largest absolute Gasteiger partial charge is 0.394 e. The van der Waals surface area contributed by atoms with Gasteiger partial charge in [-0.2, -0.15) is 0 Å². The van der Waals surface area contributed by atoms with E-state index in [4.69, 9.17) is 20.3 Å². The van der Waals surface area contributed by atoms with Gasteiger partial charge in [0.1, 0.15) is 12.2 Å². The molecule has 8 nitrogen and oxygen atoms in total. The molecule has 0 aromatic carbocycles. The van der Waals surface area contributed by atoms with Gasteiger partial charge in [0.05, 0.1) is 49.3 Å². The first-order chi connectivity index (χ1) is 12.3. The molecule has 0 aliphatic carbocycles. The summed E-state index contributed by atoms with van der Waals surface area (Å²) in [7, 11) is 0. The fraction of sp³-hybridized carbons (Fsp3) is 1.00. The summed E-state index contributed by atoms with van der Waals surface area (Å²) in [6.45, 7) is 11.4. The molecule has 7 N–H and O–H groups in total. The lowest BCUT2D eigenvalue weighted by Crippen LogP contribution is -2.63. The van der Waals surface area contributed by atoms with Gasteiger partial charge < -0.3 is 40.7 Å². The lowest BCUT2D eigenvalue weighted by molar-refractivity contribution is -0.207. The van der Waals surface area contributed by atoms with Gasteiger partial charge in [-0.1, -0.05) is 42.0 Å². The van der Waals surface area contributed by atoms with Gasteiger partial charge in [-0.25, -0.2) is 0 Å². The number of aliphatic hydroxyl groups excluding tert-OH is 4. The fourth-order valence-corrected chi connectivity index (χ4v) is 3.47. The van der Waals surface area contributed by atoms with Crippen molar-refractivity contribution in [2.45, 2.75) is 97.2 Å². The van der Waals surface area contributed by atoms with E-state index in [0.717, 1.165) is 0 Å². The molecule has 0 bridgehead atoms. The third kappa shape index (κ3) is 6.34. The van der Waals surface area contributed by atoms with Crippen molar-refractivity contribution in [2.75, 3.05) is 13.2 Å². The average Bonchev–Trinajstić information content (AvgIpc) is 2.58. The van der Waals surface area contributed by atoms with Crippen molar-refractivity contribution in [3.8, 4) is 0 Å². The van der Waals surface area contributed by atoms with Gasteiger partial charge in [0.2, 0.25) is 0 Å². The van der Waals surface area contributed by atoms with Crippen LogP contribution in [0.1, 0.15) is 49.0 Å². The summed E-state index contributed by atoms with van der Waals surface area (Å²) >= 11 is 0. The second-order valence-electron chi connectivity index (χ2n) is 8.78. The summed E-state index contributed by atoms with van der Waals surface area (Å²) < 4.78 is 10.8. The summed E-state index contributed by atoms with van der Waals surface area (Å²) in [6.07, 6.45) is -3.72. The molecular weight excluding hydrogens is 366 g/mol. The summed E-state index contributed by atoms with van der Waals surface area (Å²) in [4.78, 5) is 0. The Labute approximate surface area is 169 Å². The number of hydrogen-bond donors (Lipinski definition) is 6. The Morgan fingerprint density at radius 2 is 1.50 bits per heavy atom. The molecule has 5 unspecified atom stereocenters. The predicted octanol–water partition coefficient (Wildman–Crippen LogP) is -0.123. The van der Waals surface area contributed by atoms with Crippen LogP contribution in [0.2, 0.25) is 0 Å². The summed E-state index contributed by atoms with van der Waals surface area (Å²) in [5.41, 5.74) is 4.73. The molecule has 0 radical (unpaired) electrons. The Balaban J connectivity index is 0.000000504. The zero-order valence-electron chi connectivity index (χ0n) is 17.3. The van der Waals surface area contributed by atoms with Crippen LogP contribution in [0.5, 0.6) is 0 Å². The van der Waals surface area contributed by atoms with E-state index >= 15 is 0 Å². The van der Waals surface area contributed by atoms with Gasteiger partial charge in [-0.15, -0.1) is 0 Å². The molecule has 0 saturated carbocycles. The third-order valence-electron chi connectivity index (χ3n) is 5.73. The smallest absolute Gasteiger partial charge is 0.108 e. The quantitative estimate of drug-likeness (QED) is 0.378. The molecule has 2 rings (SSSR count). The molecule has 2 saturated heterocycles. The predicted molar refractivity (Wildman–Crippen MR) is 108 cm³/mol. The van der Waals surface area contributed by atoms with Crippen molar-refractivity contribution in [3.05, 3.63) is 0 Å². The Morgan fingerprint density at radius 3 is 1.93 bits per heavy atom. The van der Waals surface area contributed by atoms with Crippen molar-refractivity contribution in [2.24, 2.45) is 23.5 Å². The maximum Gasteiger partial charge on any atom is 0.108 e. The van der Waals surface area contributed by atoms with Crippen LogP contribution in [0.15, 0.2) is 0 Å². The van der Waals surface area contributed by atoms with E-state index in [0.29, 0.717) is 6.61 Å². The minimum atomic E-state index is -1.01. The Morgan fingerprint density at radius 1 is 1.00 bits per heavy atom. The summed E-state index contributed by atoms with van der Waals surface area (Å²) in [6, 6.07) is -0.756. The van der Waals surface area contributed by atoms with Crippen LogP contribution in [0, 0.1) is 17.8 Å². The van der Waals surface area contributed by atoms with Crippen LogP contribution in [0.25, 0.3) is 0 Å². The molecule has 170 valence electrons. The molecule has 2 aliphatic rings. The summed E-state index contributed by atoms with van der Waals surface area (Å²) in [5, 5.41) is 47.9. The van der Waals surface area contributed by atoms with Crippen LogP contribution in [0.4, 0.5) is 0 Å². The maximum atomic E-state index is 9.86. The number of aliphatic hydroxyl groups is 5. The van der Waals surface area contributed by atoms with Gasteiger partial charge in [-0.3, -0.25) is 0 Å². The topological polar surface area (TPSA) is 146 Å². The highest BCUT2D eigenvalue weighted by Crippen LogP contribution is 2.32. The van der Waals surface area contributed by atoms with Crippen LogP contribution in [-0.2, 0) is 9.47 Å². The first kappa shape index (κ1) is 27.7. The van der Waals surface area contributed by atoms with Gasteiger partial charge in [-0.05, 0) is 18.8 Å². The molecule has 2 heterocycles. The minimum Gasteiger partial charge on any atom is -0.394 e. The molecule has 0 aromatic rings. The molecule has 2 fully saturated rings. The SMILES string of the molecule is C.CC(C)[C@H]1OC(CO)C(O)[C@H](N)C1O.CC(C)[C@H]1OCC(C)(O)[C@H](C)C1O. The summed E-state index contributed by atoms with van der Waals surface area (Å²) in [5.74, 6) is 0.250. The minimum absolute atomic E-state index is 0. The standard InChI is InChI=1S/C10H20O3.C9H19NO4.CH4/c1-6(2)9-8(11)7(3)10(4,12)5-13-9;1-4(2)9-8(13)6(10)7(12)5(3-11)14-9;/h6-9,11-12H,5H2,1-4H3;4-9,11-13H,3,10H2,1-2H3;1H4/t7-,8?,9-,10?;5?,6-,7?,8?,9+;/m10./s1. The molecule has 9 atom stereocenters. The third-order valence-corrected chi connectivity index (χ3v) is 5.73. The van der Waals surface area contributed by atoms with Crippen LogP contribution >= 0.6 is 0 Å². The first-order valence-electron chi connectivity index (χ1n) is 9.75. The van der Waals surface area contributed by atoms with E-state index in [9.17, 15) is 20.4 Å². The van der Waals surface area contributed by atoms with Crippen molar-refractivity contribution in [3.63, 3.8) is 0 Å². The molecule has 0 amide bonds. The molecule has 8 heteroatoms. The monoisotopic (exact) mass is 409 g/mol. The molecule has 28 heavy (non-hydrogen) atoms. The number of rotatable bonds is 3. The van der Waals surface area contributed by atoms with Crippen LogP contribution in [-0.4, -0.2) is 87.0 Å². The zero-order valence-corrected chi connectivity index (χ0v) is 17.3. The van der Waals surface area contributed by atoms with E-state index in [1.807, 2.05) is 34.6 Å². The number of nitrogens with two attached hydrogens (primary N) is 1. The average molecular weight is 410 g/mol. The highest BCUT2D eigenvalue weighted by atomic mass is 16.5. The Kier molecular flexibility index (Phi) is 11.0. The van der Waals surface area contributed by atoms with Crippen LogP contribution in [0.3, 0.4) is 0 Å². The lowest BCUT2D eigenvalue weighted by atomic mass is 9.79. The molecular formula is C20H43NO7. The fourth-order valence-electron chi connectivity index (χ4n) is 3.47. The highest BCUT2D eigenvalue weighted by molar-refractivity contribution is 4.95. The second kappa shape index (κ2) is 11.2. The molecule has 0 spiro atoms. The Bertz CT molecular complexity index is 442. The molecule has 0 aromatic heterocycles. The van der Waals surface area contributed by atoms with Crippen molar-refractivity contribution < 1.29 is 35.0 Å². The highest BCUT2D eigenvalue weighted by Gasteiger charge is 2.44. The van der Waals surface area contributed by atoms with Gasteiger partial charge in [0, 0.05) is 5.92 Å². The number of ether oxygens (including phenoxy) is 2. The van der Waals surface area contributed by atoms with Crippen molar-refractivity contribution >= 4 is 0 Å². The van der Waals surface area contributed by atoms with Crippen molar-refractivity contribution in [1.29, 1.82) is 0 Å². The van der Waals surface area contributed by atoms with E-state index in [2.05, 4.69) is 0 Å². The van der Waals surface area contributed by atoms with Gasteiger partial charge in [0.15, 0.2) is 0 Å². The zero-order chi connectivity index (χ0) is 21.1.